The van der Waals surface area contributed by atoms with E-state index in [2.05, 4.69) is 10.6 Å². The number of aryl methyl sites for hydroxylation is 1. The van der Waals surface area contributed by atoms with E-state index in [1.807, 2.05) is 31.2 Å². The Morgan fingerprint density at radius 3 is 2.48 bits per heavy atom. The van der Waals surface area contributed by atoms with Gasteiger partial charge in [0.15, 0.2) is 5.11 Å². The van der Waals surface area contributed by atoms with Gasteiger partial charge < -0.3 is 14.8 Å². The van der Waals surface area contributed by atoms with Gasteiger partial charge in [0, 0.05) is 11.8 Å². The van der Waals surface area contributed by atoms with Crippen molar-refractivity contribution in [2.45, 2.75) is 6.92 Å². The summed E-state index contributed by atoms with van der Waals surface area (Å²) in [6.45, 7) is 1.96. The summed E-state index contributed by atoms with van der Waals surface area (Å²) in [7, 11) is 3.05. The van der Waals surface area contributed by atoms with Crippen molar-refractivity contribution in [3.05, 3.63) is 53.6 Å². The minimum absolute atomic E-state index is 0.224. The second kappa shape index (κ2) is 7.60. The zero-order valence-electron chi connectivity index (χ0n) is 13.2. The maximum Gasteiger partial charge on any atom is 0.261 e. The number of rotatable bonds is 4. The van der Waals surface area contributed by atoms with E-state index in [1.54, 1.807) is 25.3 Å². The second-order valence-corrected chi connectivity index (χ2v) is 5.20. The smallest absolute Gasteiger partial charge is 0.261 e. The first kappa shape index (κ1) is 16.8. The van der Waals surface area contributed by atoms with Crippen LogP contribution in [0.4, 0.5) is 5.69 Å². The zero-order chi connectivity index (χ0) is 16.8. The predicted octanol–water partition coefficient (Wildman–Crippen LogP) is 3.14. The summed E-state index contributed by atoms with van der Waals surface area (Å²) >= 11 is 5.19. The van der Waals surface area contributed by atoms with Gasteiger partial charge in [-0.15, -0.1) is 0 Å². The number of amides is 1. The van der Waals surface area contributed by atoms with E-state index >= 15 is 0 Å². The molecule has 0 heterocycles. The lowest BCUT2D eigenvalue weighted by atomic mass is 10.1. The molecule has 23 heavy (non-hydrogen) atoms. The number of methoxy groups -OCH3 is 2. The van der Waals surface area contributed by atoms with E-state index in [0.717, 1.165) is 11.3 Å². The van der Waals surface area contributed by atoms with Gasteiger partial charge in [-0.25, -0.2) is 0 Å². The number of ether oxygens (including phenoxy) is 2. The maximum atomic E-state index is 12.4. The fourth-order valence-corrected chi connectivity index (χ4v) is 2.23. The van der Waals surface area contributed by atoms with Crippen LogP contribution in [0.1, 0.15) is 15.9 Å². The van der Waals surface area contributed by atoms with E-state index in [0.29, 0.717) is 17.1 Å². The molecule has 0 saturated carbocycles. The monoisotopic (exact) mass is 330 g/mol. The lowest BCUT2D eigenvalue weighted by Crippen LogP contribution is -2.34. The van der Waals surface area contributed by atoms with Crippen LogP contribution in [0.5, 0.6) is 11.5 Å². The number of thiocarbonyl (C=S) groups is 1. The third-order valence-electron chi connectivity index (χ3n) is 3.27. The fraction of sp³-hybridized carbons (Fsp3) is 0.176. The summed E-state index contributed by atoms with van der Waals surface area (Å²) in [5.41, 5.74) is 2.26. The number of benzene rings is 2. The molecule has 0 saturated heterocycles. The van der Waals surface area contributed by atoms with Crippen LogP contribution in [0.25, 0.3) is 0 Å². The first-order valence-electron chi connectivity index (χ1n) is 6.95. The van der Waals surface area contributed by atoms with Crippen molar-refractivity contribution in [2.24, 2.45) is 0 Å². The lowest BCUT2D eigenvalue weighted by Gasteiger charge is -2.13. The van der Waals surface area contributed by atoms with Gasteiger partial charge in [-0.1, -0.05) is 18.2 Å². The molecular weight excluding hydrogens is 312 g/mol. The largest absolute Gasteiger partial charge is 0.497 e. The first-order valence-corrected chi connectivity index (χ1v) is 7.36. The van der Waals surface area contributed by atoms with E-state index in [1.165, 1.54) is 7.11 Å². The Hall–Kier alpha value is -2.60. The third-order valence-corrected chi connectivity index (χ3v) is 3.48. The van der Waals surface area contributed by atoms with Gasteiger partial charge in [-0.05, 0) is 42.9 Å². The van der Waals surface area contributed by atoms with Crippen LogP contribution in [-0.4, -0.2) is 25.2 Å². The molecule has 0 radical (unpaired) electrons. The molecule has 2 N–H and O–H groups in total. The van der Waals surface area contributed by atoms with Crippen molar-refractivity contribution in [3.63, 3.8) is 0 Å². The standard InChI is InChI=1S/C17H18N2O3S/c1-11-6-4-5-7-14(11)18-17(23)19-16(20)13-9-8-12(21-2)10-15(13)22-3/h4-10H,1-3H3,(H2,18,19,20,23). The fourth-order valence-electron chi connectivity index (χ4n) is 2.02. The average Bonchev–Trinajstić information content (AvgIpc) is 2.56. The molecule has 0 aliphatic heterocycles. The summed E-state index contributed by atoms with van der Waals surface area (Å²) in [4.78, 5) is 12.4. The lowest BCUT2D eigenvalue weighted by molar-refractivity contribution is 0.0974. The van der Waals surface area contributed by atoms with Crippen LogP contribution in [0.3, 0.4) is 0 Å². The topological polar surface area (TPSA) is 59.6 Å². The van der Waals surface area contributed by atoms with Gasteiger partial charge in [0.25, 0.3) is 5.91 Å². The Morgan fingerprint density at radius 1 is 1.09 bits per heavy atom. The summed E-state index contributed by atoms with van der Waals surface area (Å²) in [6, 6.07) is 12.6. The van der Waals surface area contributed by atoms with Crippen molar-refractivity contribution in [1.82, 2.24) is 5.32 Å². The van der Waals surface area contributed by atoms with Gasteiger partial charge in [0.2, 0.25) is 0 Å². The number of nitrogens with one attached hydrogen (secondary N) is 2. The molecule has 5 nitrogen and oxygen atoms in total. The Labute approximate surface area is 140 Å². The highest BCUT2D eigenvalue weighted by atomic mass is 32.1. The SMILES string of the molecule is COc1ccc(C(=O)NC(=S)Nc2ccccc2C)c(OC)c1. The van der Waals surface area contributed by atoms with Crippen molar-refractivity contribution >= 4 is 28.9 Å². The van der Waals surface area contributed by atoms with Crippen molar-refractivity contribution in [2.75, 3.05) is 19.5 Å². The van der Waals surface area contributed by atoms with Crippen LogP contribution in [0.2, 0.25) is 0 Å². The summed E-state index contributed by atoms with van der Waals surface area (Å²) < 4.78 is 10.3. The molecule has 0 spiro atoms. The highest BCUT2D eigenvalue weighted by Crippen LogP contribution is 2.24. The highest BCUT2D eigenvalue weighted by molar-refractivity contribution is 7.80. The number of carbonyl (C=O) groups is 1. The number of carbonyl (C=O) groups excluding carboxylic acids is 1. The summed E-state index contributed by atoms with van der Waals surface area (Å²) in [6.07, 6.45) is 0. The van der Waals surface area contributed by atoms with Crippen LogP contribution < -0.4 is 20.1 Å². The van der Waals surface area contributed by atoms with Crippen LogP contribution in [-0.2, 0) is 0 Å². The summed E-state index contributed by atoms with van der Waals surface area (Å²) in [5.74, 6) is 0.676. The molecular formula is C17H18N2O3S. The van der Waals surface area contributed by atoms with E-state index in [9.17, 15) is 4.79 Å². The Kier molecular flexibility index (Phi) is 5.54. The number of hydrogen-bond donors (Lipinski definition) is 2. The van der Waals surface area contributed by atoms with Gasteiger partial charge >= 0.3 is 0 Å². The molecule has 0 aliphatic carbocycles. The number of anilines is 1. The van der Waals surface area contributed by atoms with Gasteiger partial charge in [-0.2, -0.15) is 0 Å². The van der Waals surface area contributed by atoms with E-state index in [4.69, 9.17) is 21.7 Å². The summed E-state index contributed by atoms with van der Waals surface area (Å²) in [5, 5.41) is 5.87. The quantitative estimate of drug-likeness (QED) is 0.844. The van der Waals surface area contributed by atoms with Crippen LogP contribution in [0, 0.1) is 6.92 Å². The highest BCUT2D eigenvalue weighted by Gasteiger charge is 2.14. The second-order valence-electron chi connectivity index (χ2n) is 4.79. The molecule has 0 unspecified atom stereocenters. The minimum atomic E-state index is -0.351. The van der Waals surface area contributed by atoms with Crippen molar-refractivity contribution < 1.29 is 14.3 Å². The van der Waals surface area contributed by atoms with Crippen molar-refractivity contribution in [3.8, 4) is 11.5 Å². The Balaban J connectivity index is 2.10. The molecule has 0 atom stereocenters. The molecule has 6 heteroatoms. The average molecular weight is 330 g/mol. The van der Waals surface area contributed by atoms with Crippen LogP contribution >= 0.6 is 12.2 Å². The Bertz CT molecular complexity index is 732. The Morgan fingerprint density at radius 2 is 1.83 bits per heavy atom. The minimum Gasteiger partial charge on any atom is -0.497 e. The molecule has 120 valence electrons. The van der Waals surface area contributed by atoms with Gasteiger partial charge in [0.1, 0.15) is 11.5 Å². The first-order chi connectivity index (χ1) is 11.0. The van der Waals surface area contributed by atoms with Gasteiger partial charge in [-0.3, -0.25) is 10.1 Å². The molecule has 2 aromatic rings. The van der Waals surface area contributed by atoms with Gasteiger partial charge in [0.05, 0.1) is 19.8 Å². The van der Waals surface area contributed by atoms with Crippen LogP contribution in [0.15, 0.2) is 42.5 Å². The zero-order valence-corrected chi connectivity index (χ0v) is 14.0. The third kappa shape index (κ3) is 4.20. The molecule has 1 amide bonds. The molecule has 2 rings (SSSR count). The number of para-hydroxylation sites is 1. The molecule has 0 bridgehead atoms. The van der Waals surface area contributed by atoms with E-state index < -0.39 is 0 Å². The van der Waals surface area contributed by atoms with Crippen molar-refractivity contribution in [1.29, 1.82) is 0 Å². The molecule has 0 aromatic heterocycles. The maximum absolute atomic E-state index is 12.4. The van der Waals surface area contributed by atoms with E-state index in [-0.39, 0.29) is 11.0 Å². The number of hydrogen-bond acceptors (Lipinski definition) is 4. The molecule has 0 fully saturated rings. The predicted molar refractivity (Wildman–Crippen MR) is 94.4 cm³/mol. The molecule has 0 aliphatic rings. The molecule has 2 aromatic carbocycles. The normalized spacial score (nSPS) is 9.87.